The molecule has 0 aliphatic heterocycles. The number of nitrogens with one attached hydrogen (secondary N) is 2. The Morgan fingerprint density at radius 1 is 1.22 bits per heavy atom. The molecule has 1 aromatic carbocycles. The summed E-state index contributed by atoms with van der Waals surface area (Å²) in [5.41, 5.74) is 4.39. The maximum Gasteiger partial charge on any atom is 0.166 e. The lowest BCUT2D eigenvalue weighted by atomic mass is 10.2. The zero-order valence-electron chi connectivity index (χ0n) is 13.9. The Balaban J connectivity index is 1.96. The molecule has 0 radical (unpaired) electrons. The van der Waals surface area contributed by atoms with Crippen LogP contribution in [0, 0.1) is 13.8 Å². The van der Waals surface area contributed by atoms with Crippen molar-refractivity contribution in [2.24, 2.45) is 0 Å². The minimum absolute atomic E-state index is 0.660. The van der Waals surface area contributed by atoms with Crippen LogP contribution in [-0.4, -0.2) is 35.2 Å². The SMILES string of the molecule is COCCCNC(=S)NCc1c(C)nn(-c2ccccc2)c1C. The van der Waals surface area contributed by atoms with Gasteiger partial charge < -0.3 is 15.4 Å². The molecule has 124 valence electrons. The van der Waals surface area contributed by atoms with E-state index in [0.29, 0.717) is 11.7 Å². The third-order valence-electron chi connectivity index (χ3n) is 3.68. The quantitative estimate of drug-likeness (QED) is 0.603. The van der Waals surface area contributed by atoms with Gasteiger partial charge in [0.05, 0.1) is 11.4 Å². The number of hydrogen-bond acceptors (Lipinski definition) is 3. The van der Waals surface area contributed by atoms with E-state index in [1.54, 1.807) is 7.11 Å². The van der Waals surface area contributed by atoms with Gasteiger partial charge in [0.15, 0.2) is 5.11 Å². The van der Waals surface area contributed by atoms with Gasteiger partial charge >= 0.3 is 0 Å². The third-order valence-corrected chi connectivity index (χ3v) is 3.97. The van der Waals surface area contributed by atoms with Gasteiger partial charge in [0, 0.05) is 38.1 Å². The van der Waals surface area contributed by atoms with E-state index >= 15 is 0 Å². The molecule has 0 aliphatic carbocycles. The fourth-order valence-corrected chi connectivity index (χ4v) is 2.58. The van der Waals surface area contributed by atoms with Crippen molar-refractivity contribution >= 4 is 17.3 Å². The van der Waals surface area contributed by atoms with Crippen molar-refractivity contribution in [3.05, 3.63) is 47.3 Å². The van der Waals surface area contributed by atoms with E-state index in [-0.39, 0.29) is 0 Å². The van der Waals surface area contributed by atoms with E-state index in [9.17, 15) is 0 Å². The Hall–Kier alpha value is -1.92. The highest BCUT2D eigenvalue weighted by Crippen LogP contribution is 2.17. The number of nitrogens with zero attached hydrogens (tertiary/aromatic N) is 2. The first kappa shape index (κ1) is 17.4. The van der Waals surface area contributed by atoms with Crippen LogP contribution in [0.1, 0.15) is 23.4 Å². The summed E-state index contributed by atoms with van der Waals surface area (Å²) in [7, 11) is 1.70. The lowest BCUT2D eigenvalue weighted by Crippen LogP contribution is -2.35. The first-order chi connectivity index (χ1) is 11.1. The van der Waals surface area contributed by atoms with E-state index in [2.05, 4.69) is 34.8 Å². The van der Waals surface area contributed by atoms with Crippen LogP contribution >= 0.6 is 12.2 Å². The van der Waals surface area contributed by atoms with E-state index < -0.39 is 0 Å². The Morgan fingerprint density at radius 3 is 2.65 bits per heavy atom. The topological polar surface area (TPSA) is 51.1 Å². The average molecular weight is 332 g/mol. The molecular weight excluding hydrogens is 308 g/mol. The van der Waals surface area contributed by atoms with Gasteiger partial charge in [-0.1, -0.05) is 18.2 Å². The summed E-state index contributed by atoms with van der Waals surface area (Å²) < 4.78 is 6.99. The van der Waals surface area contributed by atoms with Crippen molar-refractivity contribution in [2.75, 3.05) is 20.3 Å². The third kappa shape index (κ3) is 4.77. The monoisotopic (exact) mass is 332 g/mol. The molecule has 0 aliphatic rings. The van der Waals surface area contributed by atoms with Gasteiger partial charge in [-0.2, -0.15) is 5.10 Å². The summed E-state index contributed by atoms with van der Waals surface area (Å²) >= 11 is 5.30. The fraction of sp³-hybridized carbons (Fsp3) is 0.412. The first-order valence-corrected chi connectivity index (χ1v) is 8.15. The molecular formula is C17H24N4OS. The maximum absolute atomic E-state index is 5.30. The molecule has 5 nitrogen and oxygen atoms in total. The van der Waals surface area contributed by atoms with E-state index in [0.717, 1.165) is 36.6 Å². The van der Waals surface area contributed by atoms with Gasteiger partial charge in [0.2, 0.25) is 0 Å². The van der Waals surface area contributed by atoms with Crippen molar-refractivity contribution < 1.29 is 4.74 Å². The first-order valence-electron chi connectivity index (χ1n) is 7.74. The second kappa shape index (κ2) is 8.64. The van der Waals surface area contributed by atoms with Crippen molar-refractivity contribution in [1.29, 1.82) is 0 Å². The second-order valence-corrected chi connectivity index (χ2v) is 5.76. The van der Waals surface area contributed by atoms with Gasteiger partial charge in [-0.25, -0.2) is 4.68 Å². The van der Waals surface area contributed by atoms with Crippen LogP contribution in [0.15, 0.2) is 30.3 Å². The highest BCUT2D eigenvalue weighted by molar-refractivity contribution is 7.80. The minimum Gasteiger partial charge on any atom is -0.385 e. The lowest BCUT2D eigenvalue weighted by Gasteiger charge is -2.11. The minimum atomic E-state index is 0.660. The molecule has 0 amide bonds. The molecule has 0 unspecified atom stereocenters. The molecule has 0 saturated carbocycles. The van der Waals surface area contributed by atoms with E-state index in [4.69, 9.17) is 17.0 Å². The summed E-state index contributed by atoms with van der Waals surface area (Å²) in [6.07, 6.45) is 0.933. The molecule has 23 heavy (non-hydrogen) atoms. The van der Waals surface area contributed by atoms with Crippen LogP contribution in [0.3, 0.4) is 0 Å². The highest BCUT2D eigenvalue weighted by Gasteiger charge is 2.12. The largest absolute Gasteiger partial charge is 0.385 e. The van der Waals surface area contributed by atoms with Crippen LogP contribution in [0.5, 0.6) is 0 Å². The van der Waals surface area contributed by atoms with Crippen LogP contribution in [0.4, 0.5) is 0 Å². The average Bonchev–Trinajstić information content (AvgIpc) is 2.85. The van der Waals surface area contributed by atoms with Crippen molar-refractivity contribution in [2.45, 2.75) is 26.8 Å². The number of hydrogen-bond donors (Lipinski definition) is 2. The van der Waals surface area contributed by atoms with Crippen LogP contribution < -0.4 is 10.6 Å². The van der Waals surface area contributed by atoms with Gasteiger partial charge in [-0.15, -0.1) is 0 Å². The zero-order chi connectivity index (χ0) is 16.7. The van der Waals surface area contributed by atoms with Gasteiger partial charge in [-0.3, -0.25) is 0 Å². The Morgan fingerprint density at radius 2 is 1.96 bits per heavy atom. The predicted octanol–water partition coefficient (Wildman–Crippen LogP) is 2.49. The number of methoxy groups -OCH3 is 1. The van der Waals surface area contributed by atoms with Crippen LogP contribution in [0.25, 0.3) is 5.69 Å². The number of aromatic nitrogens is 2. The highest BCUT2D eigenvalue weighted by atomic mass is 32.1. The molecule has 1 heterocycles. The fourth-order valence-electron chi connectivity index (χ4n) is 2.40. The van der Waals surface area contributed by atoms with Crippen molar-refractivity contribution in [3.63, 3.8) is 0 Å². The second-order valence-electron chi connectivity index (χ2n) is 5.35. The molecule has 2 rings (SSSR count). The molecule has 0 saturated heterocycles. The molecule has 6 heteroatoms. The summed E-state index contributed by atoms with van der Waals surface area (Å²) in [4.78, 5) is 0. The van der Waals surface area contributed by atoms with Crippen LogP contribution in [-0.2, 0) is 11.3 Å². The number of thiocarbonyl (C=S) groups is 1. The molecule has 0 spiro atoms. The number of benzene rings is 1. The number of ether oxygens (including phenoxy) is 1. The van der Waals surface area contributed by atoms with Gasteiger partial charge in [0.25, 0.3) is 0 Å². The molecule has 1 aromatic heterocycles. The Bertz CT molecular complexity index is 640. The molecule has 2 N–H and O–H groups in total. The number of para-hydroxylation sites is 1. The molecule has 0 bridgehead atoms. The van der Waals surface area contributed by atoms with Crippen molar-refractivity contribution in [3.8, 4) is 5.69 Å². The zero-order valence-corrected chi connectivity index (χ0v) is 14.7. The summed E-state index contributed by atoms with van der Waals surface area (Å²) in [6, 6.07) is 10.1. The summed E-state index contributed by atoms with van der Waals surface area (Å²) in [6.45, 7) is 6.32. The summed E-state index contributed by atoms with van der Waals surface area (Å²) in [5.74, 6) is 0. The predicted molar refractivity (Wildman–Crippen MR) is 97.0 cm³/mol. The van der Waals surface area contributed by atoms with E-state index in [1.165, 1.54) is 5.56 Å². The normalized spacial score (nSPS) is 10.6. The van der Waals surface area contributed by atoms with Gasteiger partial charge in [0.1, 0.15) is 0 Å². The lowest BCUT2D eigenvalue weighted by molar-refractivity contribution is 0.195. The van der Waals surface area contributed by atoms with Gasteiger partial charge in [-0.05, 0) is 44.6 Å². The van der Waals surface area contributed by atoms with E-state index in [1.807, 2.05) is 29.8 Å². The molecule has 2 aromatic rings. The summed E-state index contributed by atoms with van der Waals surface area (Å²) in [5, 5.41) is 11.7. The molecule has 0 atom stereocenters. The number of rotatable bonds is 7. The smallest absolute Gasteiger partial charge is 0.166 e. The number of aryl methyl sites for hydroxylation is 1. The standard InChI is InChI=1S/C17H24N4OS/c1-13-16(12-19-17(23)18-10-7-11-22-3)14(2)21(20-13)15-8-5-4-6-9-15/h4-6,8-9H,7,10-12H2,1-3H3,(H2,18,19,23). The Kier molecular flexibility index (Phi) is 6.55. The maximum atomic E-state index is 5.30. The van der Waals surface area contributed by atoms with Crippen LogP contribution in [0.2, 0.25) is 0 Å². The molecule has 0 fully saturated rings. The Labute approximate surface area is 143 Å². The van der Waals surface area contributed by atoms with Crippen molar-refractivity contribution in [1.82, 2.24) is 20.4 Å².